The Balaban J connectivity index is 0. The molecule has 0 N–H and O–H groups in total. The normalized spacial score (nSPS) is 0. The van der Waals surface area contributed by atoms with Gasteiger partial charge >= 0.3 is 149 Å². The second-order valence-corrected chi connectivity index (χ2v) is 0. The first-order valence-corrected chi connectivity index (χ1v) is 0. The molecule has 0 amide bonds. The molecule has 0 nitrogen and oxygen atoms in total. The molecule has 9 heteroatoms. The van der Waals surface area contributed by atoms with Crippen molar-refractivity contribution in [2.75, 3.05) is 0 Å². The summed E-state index contributed by atoms with van der Waals surface area (Å²) in [6.45, 7) is 0. The van der Waals surface area contributed by atoms with Gasteiger partial charge in [-0.05, 0) is 0 Å². The molecule has 0 aromatic heterocycles. The summed E-state index contributed by atoms with van der Waals surface area (Å²) in [4.78, 5) is 0. The molecule has 0 aromatic carbocycles. The minimum atomic E-state index is 0. The SMILES string of the molecule is [Cs+].[Cs+].[F-].[F-].[F-].[F-].[F-].[F-].[Si+4]. The average Bonchev–Trinajstić information content (AvgIpc) is 0. The summed E-state index contributed by atoms with van der Waals surface area (Å²) in [6.07, 6.45) is 0. The molecular formula is Cs2F6Si. The van der Waals surface area contributed by atoms with Crippen molar-refractivity contribution in [1.82, 2.24) is 0 Å². The summed E-state index contributed by atoms with van der Waals surface area (Å²) >= 11 is 0. The largest absolute Gasteiger partial charge is 4.00 e. The molecular weight excluding hydrogens is 408 g/mol. The van der Waals surface area contributed by atoms with Gasteiger partial charge in [0.2, 0.25) is 0 Å². The minimum absolute atomic E-state index is 0. The van der Waals surface area contributed by atoms with Crippen LogP contribution in [0.4, 0.5) is 0 Å². The van der Waals surface area contributed by atoms with E-state index in [1.54, 1.807) is 0 Å². The van der Waals surface area contributed by atoms with E-state index in [0.717, 1.165) is 0 Å². The van der Waals surface area contributed by atoms with E-state index in [-0.39, 0.29) is 177 Å². The Labute approximate surface area is 171 Å². The van der Waals surface area contributed by atoms with Gasteiger partial charge in [0.15, 0.2) is 0 Å². The number of rotatable bonds is 0. The molecule has 0 fully saturated rings. The topological polar surface area (TPSA) is 0 Å². The van der Waals surface area contributed by atoms with Crippen molar-refractivity contribution in [3.05, 3.63) is 0 Å². The maximum absolute atomic E-state index is 0. The second kappa shape index (κ2) is 92.9. The molecule has 0 radical (unpaired) electrons. The molecule has 0 aromatic rings. The minimum Gasteiger partial charge on any atom is -1.00 e. The quantitative estimate of drug-likeness (QED) is 0.276. The predicted molar refractivity (Wildman–Crippen MR) is 5.75 cm³/mol. The monoisotopic (exact) mass is 408 g/mol. The zero-order valence-electron chi connectivity index (χ0n) is 4.77. The van der Waals surface area contributed by atoms with Gasteiger partial charge in [-0.3, -0.25) is 0 Å². The smallest absolute Gasteiger partial charge is 1.00 e. The Morgan fingerprint density at radius 1 is 0.333 bits per heavy atom. The summed E-state index contributed by atoms with van der Waals surface area (Å²) in [5.41, 5.74) is 0. The van der Waals surface area contributed by atoms with Gasteiger partial charge in [-0.25, -0.2) is 0 Å². The van der Waals surface area contributed by atoms with Crippen LogP contribution in [-0.2, 0) is 0 Å². The number of hydrogen-bond donors (Lipinski definition) is 0. The van der Waals surface area contributed by atoms with Crippen molar-refractivity contribution in [2.24, 2.45) is 0 Å². The van der Waals surface area contributed by atoms with E-state index in [2.05, 4.69) is 0 Å². The van der Waals surface area contributed by atoms with Gasteiger partial charge in [0.1, 0.15) is 0 Å². The number of halogens is 6. The summed E-state index contributed by atoms with van der Waals surface area (Å²) in [5, 5.41) is 0. The van der Waals surface area contributed by atoms with Gasteiger partial charge < -0.3 is 28.2 Å². The van der Waals surface area contributed by atoms with E-state index in [4.69, 9.17) is 0 Å². The summed E-state index contributed by atoms with van der Waals surface area (Å²) in [6, 6.07) is 0. The van der Waals surface area contributed by atoms with Crippen LogP contribution in [0.3, 0.4) is 0 Å². The van der Waals surface area contributed by atoms with E-state index in [0.29, 0.717) is 0 Å². The van der Waals surface area contributed by atoms with Crippen LogP contribution >= 0.6 is 0 Å². The molecule has 0 unspecified atom stereocenters. The fourth-order valence-electron chi connectivity index (χ4n) is 0. The van der Waals surface area contributed by atoms with Crippen LogP contribution < -0.4 is 166 Å². The predicted octanol–water partition coefficient (Wildman–Crippen LogP) is -24.3. The van der Waals surface area contributed by atoms with Crippen LogP contribution in [0.25, 0.3) is 0 Å². The molecule has 0 atom stereocenters. The van der Waals surface area contributed by atoms with Crippen molar-refractivity contribution >= 4 is 11.0 Å². The fraction of sp³-hybridized carbons (Fsp3) is 0. The zero-order valence-corrected chi connectivity index (χ0v) is 18.3. The first kappa shape index (κ1) is 120. The molecule has 0 aliphatic heterocycles. The van der Waals surface area contributed by atoms with Crippen LogP contribution in [0.2, 0.25) is 0 Å². The van der Waals surface area contributed by atoms with E-state index in [9.17, 15) is 0 Å². The van der Waals surface area contributed by atoms with E-state index in [1.165, 1.54) is 0 Å². The molecule has 0 heterocycles. The third-order valence-corrected chi connectivity index (χ3v) is 0. The van der Waals surface area contributed by atoms with Gasteiger partial charge in [0.05, 0.1) is 0 Å². The number of hydrogen-bond acceptors (Lipinski definition) is 0. The standard InChI is InChI=1S/2Cs.6FH.Si/h;;6*1H;/q2*+1;;;;;;;+4/p-6. The van der Waals surface area contributed by atoms with Gasteiger partial charge in [-0.1, -0.05) is 0 Å². The Morgan fingerprint density at radius 3 is 0.333 bits per heavy atom. The maximum atomic E-state index is 0. The van der Waals surface area contributed by atoms with Gasteiger partial charge in [0, 0.05) is 0 Å². The Morgan fingerprint density at radius 2 is 0.333 bits per heavy atom. The van der Waals surface area contributed by atoms with Gasteiger partial charge in [-0.2, -0.15) is 0 Å². The second-order valence-electron chi connectivity index (χ2n) is 0. The van der Waals surface area contributed by atoms with Crippen LogP contribution in [0.1, 0.15) is 0 Å². The third-order valence-electron chi connectivity index (χ3n) is 0. The molecule has 0 aliphatic rings. The molecule has 0 rings (SSSR count). The summed E-state index contributed by atoms with van der Waals surface area (Å²) < 4.78 is 0. The van der Waals surface area contributed by atoms with Crippen molar-refractivity contribution in [2.45, 2.75) is 0 Å². The Hall–Kier alpha value is 3.90. The summed E-state index contributed by atoms with van der Waals surface area (Å²) in [5.74, 6) is 0. The Kier molecular flexibility index (Phi) is 1240. The van der Waals surface area contributed by atoms with Gasteiger partial charge in [-0.15, -0.1) is 0 Å². The van der Waals surface area contributed by atoms with Crippen LogP contribution in [0, 0.1) is 0 Å². The molecule has 0 saturated carbocycles. The Bertz CT molecular complexity index is 11.0. The van der Waals surface area contributed by atoms with Crippen molar-refractivity contribution in [3.63, 3.8) is 0 Å². The van der Waals surface area contributed by atoms with E-state index < -0.39 is 0 Å². The third kappa shape index (κ3) is 76.7. The summed E-state index contributed by atoms with van der Waals surface area (Å²) in [7, 11) is 0. The zero-order chi connectivity index (χ0) is 0. The molecule has 0 aliphatic carbocycles. The average molecular weight is 408 g/mol. The van der Waals surface area contributed by atoms with Gasteiger partial charge in [0.25, 0.3) is 0 Å². The van der Waals surface area contributed by atoms with Crippen molar-refractivity contribution < 1.29 is 166 Å². The first-order chi connectivity index (χ1) is 0. The van der Waals surface area contributed by atoms with Crippen molar-refractivity contribution in [3.8, 4) is 0 Å². The first-order valence-electron chi connectivity index (χ1n) is 0. The van der Waals surface area contributed by atoms with Crippen LogP contribution in [0.5, 0.6) is 0 Å². The molecule has 0 saturated heterocycles. The van der Waals surface area contributed by atoms with E-state index >= 15 is 0 Å². The molecule has 0 spiro atoms. The van der Waals surface area contributed by atoms with Crippen LogP contribution in [0.15, 0.2) is 0 Å². The van der Waals surface area contributed by atoms with E-state index in [1.807, 2.05) is 0 Å². The molecule has 9 heavy (non-hydrogen) atoms. The van der Waals surface area contributed by atoms with Crippen LogP contribution in [-0.4, -0.2) is 11.0 Å². The molecule has 48 valence electrons. The molecule has 0 bridgehead atoms. The fourth-order valence-corrected chi connectivity index (χ4v) is 0. The maximum Gasteiger partial charge on any atom is 4.00 e. The van der Waals surface area contributed by atoms with Crippen molar-refractivity contribution in [1.29, 1.82) is 0 Å².